The maximum Gasteiger partial charge on any atom is 0.286 e. The van der Waals surface area contributed by atoms with Crippen LogP contribution in [0.25, 0.3) is 17.4 Å². The number of carbonyl (C=O) groups excluding carboxylic acids is 2. The minimum atomic E-state index is -0.470. The van der Waals surface area contributed by atoms with Crippen molar-refractivity contribution in [1.82, 2.24) is 5.32 Å². The molecule has 1 N–H and O–H groups in total. The smallest absolute Gasteiger partial charge is 0.286 e. The number of amidine groups is 1. The number of thioether (sulfide) groups is 1. The van der Waals surface area contributed by atoms with E-state index in [1.165, 1.54) is 19.1 Å². The Kier molecular flexibility index (Phi) is 4.72. The predicted octanol–water partition coefficient (Wildman–Crippen LogP) is 3.27. The van der Waals surface area contributed by atoms with Crippen molar-refractivity contribution in [2.75, 3.05) is 0 Å². The van der Waals surface area contributed by atoms with Crippen molar-refractivity contribution < 1.29 is 18.9 Å². The molecule has 2 aromatic rings. The normalized spacial score (nSPS) is 15.2. The number of nitro groups is 1. The monoisotopic (exact) mass is 371 g/mol. The predicted molar refractivity (Wildman–Crippen MR) is 97.4 cm³/mol. The van der Waals surface area contributed by atoms with Crippen LogP contribution in [0, 0.1) is 17.0 Å². The highest BCUT2D eigenvalue weighted by atomic mass is 32.2. The fourth-order valence-corrected chi connectivity index (χ4v) is 3.13. The number of nitro benzene ring substituents is 1. The van der Waals surface area contributed by atoms with Crippen LogP contribution in [-0.2, 0) is 9.59 Å². The van der Waals surface area contributed by atoms with Crippen LogP contribution in [0.15, 0.2) is 44.6 Å². The first kappa shape index (κ1) is 17.6. The number of aliphatic imine (C=N–C) groups is 1. The summed E-state index contributed by atoms with van der Waals surface area (Å²) < 4.78 is 5.67. The molecule has 0 saturated carbocycles. The molecule has 0 fully saturated rings. The van der Waals surface area contributed by atoms with Crippen molar-refractivity contribution in [3.8, 4) is 11.3 Å². The van der Waals surface area contributed by atoms with Gasteiger partial charge in [0.25, 0.3) is 11.6 Å². The molecule has 3 rings (SSSR count). The quantitative estimate of drug-likeness (QED) is 0.503. The van der Waals surface area contributed by atoms with Gasteiger partial charge in [-0.15, -0.1) is 0 Å². The number of hydrogen-bond acceptors (Lipinski definition) is 6. The summed E-state index contributed by atoms with van der Waals surface area (Å²) in [6.07, 6.45) is 1.51. The molecule has 0 atom stereocenters. The minimum absolute atomic E-state index is 0.00804. The Morgan fingerprint density at radius 1 is 1.35 bits per heavy atom. The molecule has 8 nitrogen and oxygen atoms in total. The number of nitrogens with zero attached hydrogens (tertiary/aromatic N) is 2. The molecule has 0 saturated heterocycles. The number of rotatable bonds is 3. The second-order valence-corrected chi connectivity index (χ2v) is 6.50. The van der Waals surface area contributed by atoms with Gasteiger partial charge in [-0.3, -0.25) is 19.7 Å². The van der Waals surface area contributed by atoms with Gasteiger partial charge >= 0.3 is 0 Å². The van der Waals surface area contributed by atoms with Crippen molar-refractivity contribution in [2.45, 2.75) is 13.8 Å². The molecule has 0 aliphatic carbocycles. The maximum absolute atomic E-state index is 11.9. The molecule has 9 heteroatoms. The second kappa shape index (κ2) is 6.96. The van der Waals surface area contributed by atoms with Gasteiger partial charge in [0.15, 0.2) is 5.17 Å². The highest BCUT2D eigenvalue weighted by Crippen LogP contribution is 2.31. The van der Waals surface area contributed by atoms with Crippen molar-refractivity contribution in [3.05, 3.63) is 56.7 Å². The lowest BCUT2D eigenvalue weighted by Gasteiger charge is -2.00. The minimum Gasteiger partial charge on any atom is -0.457 e. The lowest BCUT2D eigenvalue weighted by molar-refractivity contribution is -0.385. The first-order chi connectivity index (χ1) is 12.3. The summed E-state index contributed by atoms with van der Waals surface area (Å²) in [5.41, 5.74) is 1.13. The lowest BCUT2D eigenvalue weighted by atomic mass is 10.1. The van der Waals surface area contributed by atoms with E-state index in [1.807, 2.05) is 0 Å². The van der Waals surface area contributed by atoms with Gasteiger partial charge in [0.1, 0.15) is 11.5 Å². The van der Waals surface area contributed by atoms with Crippen molar-refractivity contribution >= 4 is 40.5 Å². The summed E-state index contributed by atoms with van der Waals surface area (Å²) in [7, 11) is 0. The zero-order chi connectivity index (χ0) is 18.8. The van der Waals surface area contributed by atoms with E-state index in [2.05, 4.69) is 10.3 Å². The SMILES string of the molecule is CC(=O)NC1=NC(=O)/C(=C/c2ccc(-c3ccc(C)c([N+](=O)[O-])c3)o2)S1. The largest absolute Gasteiger partial charge is 0.457 e. The van der Waals surface area contributed by atoms with Crippen LogP contribution < -0.4 is 5.32 Å². The Bertz CT molecular complexity index is 990. The summed E-state index contributed by atoms with van der Waals surface area (Å²) in [5, 5.41) is 13.7. The molecule has 0 bridgehead atoms. The van der Waals surface area contributed by atoms with Crippen LogP contribution in [0.3, 0.4) is 0 Å². The van der Waals surface area contributed by atoms with Gasteiger partial charge in [-0.25, -0.2) is 0 Å². The van der Waals surface area contributed by atoms with Crippen LogP contribution in [0.5, 0.6) is 0 Å². The third-order valence-corrected chi connectivity index (χ3v) is 4.39. The Hall–Kier alpha value is -3.20. The van der Waals surface area contributed by atoms with E-state index in [9.17, 15) is 19.7 Å². The molecule has 1 aliphatic heterocycles. The van der Waals surface area contributed by atoms with E-state index in [4.69, 9.17) is 4.42 Å². The Morgan fingerprint density at radius 3 is 2.81 bits per heavy atom. The number of carbonyl (C=O) groups is 2. The van der Waals surface area contributed by atoms with Gasteiger partial charge in [-0.2, -0.15) is 4.99 Å². The third kappa shape index (κ3) is 3.72. The summed E-state index contributed by atoms with van der Waals surface area (Å²) in [4.78, 5) is 37.6. The zero-order valence-corrected chi connectivity index (χ0v) is 14.6. The van der Waals surface area contributed by atoms with E-state index < -0.39 is 10.8 Å². The molecule has 0 spiro atoms. The van der Waals surface area contributed by atoms with E-state index in [0.29, 0.717) is 27.6 Å². The molecule has 2 heterocycles. The zero-order valence-electron chi connectivity index (χ0n) is 13.8. The van der Waals surface area contributed by atoms with Crippen LogP contribution in [0.1, 0.15) is 18.2 Å². The average molecular weight is 371 g/mol. The van der Waals surface area contributed by atoms with Gasteiger partial charge in [-0.1, -0.05) is 12.1 Å². The molecule has 0 unspecified atom stereocenters. The summed E-state index contributed by atoms with van der Waals surface area (Å²) in [6, 6.07) is 8.14. The van der Waals surface area contributed by atoms with Crippen molar-refractivity contribution in [2.24, 2.45) is 4.99 Å². The standard InChI is InChI=1S/C17H13N3O5S/c1-9-3-4-11(7-13(9)20(23)24)14-6-5-12(25-14)8-15-16(22)19-17(26-15)18-10(2)21/h3-8H,1-2H3,(H,18,19,21,22)/b15-8-. The van der Waals surface area contributed by atoms with Crippen molar-refractivity contribution in [1.29, 1.82) is 0 Å². The topological polar surface area (TPSA) is 115 Å². The molecule has 132 valence electrons. The Labute approximate surface area is 152 Å². The van der Waals surface area contributed by atoms with Crippen LogP contribution in [0.2, 0.25) is 0 Å². The molecular weight excluding hydrogens is 358 g/mol. The number of hydrogen-bond donors (Lipinski definition) is 1. The average Bonchev–Trinajstić information content (AvgIpc) is 3.14. The van der Waals surface area contributed by atoms with E-state index in [1.54, 1.807) is 31.2 Å². The highest BCUT2D eigenvalue weighted by molar-refractivity contribution is 8.18. The molecular formula is C17H13N3O5S. The maximum atomic E-state index is 11.9. The van der Waals surface area contributed by atoms with Crippen LogP contribution in [0.4, 0.5) is 5.69 Å². The first-order valence-corrected chi connectivity index (χ1v) is 8.30. The number of benzene rings is 1. The third-order valence-electron chi connectivity index (χ3n) is 3.49. The molecule has 2 amide bonds. The van der Waals surface area contributed by atoms with Crippen LogP contribution in [-0.4, -0.2) is 21.9 Å². The Morgan fingerprint density at radius 2 is 2.12 bits per heavy atom. The highest BCUT2D eigenvalue weighted by Gasteiger charge is 2.23. The van der Waals surface area contributed by atoms with Crippen LogP contribution >= 0.6 is 11.8 Å². The molecule has 0 radical (unpaired) electrons. The number of furan rings is 1. The van der Waals surface area contributed by atoms with Gasteiger partial charge in [-0.05, 0) is 30.8 Å². The summed E-state index contributed by atoms with van der Waals surface area (Å²) >= 11 is 1.04. The summed E-state index contributed by atoms with van der Waals surface area (Å²) in [6.45, 7) is 2.99. The number of aryl methyl sites for hydroxylation is 1. The van der Waals surface area contributed by atoms with Gasteiger partial charge in [0, 0.05) is 30.2 Å². The first-order valence-electron chi connectivity index (χ1n) is 7.49. The van der Waals surface area contributed by atoms with Gasteiger partial charge < -0.3 is 9.73 Å². The second-order valence-electron chi connectivity index (χ2n) is 5.47. The number of nitrogens with one attached hydrogen (secondary N) is 1. The molecule has 1 aromatic carbocycles. The Balaban J connectivity index is 1.83. The fraction of sp³-hybridized carbons (Fsp3) is 0.118. The fourth-order valence-electron chi connectivity index (χ4n) is 2.29. The summed E-state index contributed by atoms with van der Waals surface area (Å²) in [5.74, 6) is 0.0611. The lowest BCUT2D eigenvalue weighted by Crippen LogP contribution is -2.23. The van der Waals surface area contributed by atoms with Gasteiger partial charge in [0.05, 0.1) is 9.83 Å². The molecule has 1 aliphatic rings. The number of amides is 2. The van der Waals surface area contributed by atoms with Crippen molar-refractivity contribution in [3.63, 3.8) is 0 Å². The molecule has 1 aromatic heterocycles. The van der Waals surface area contributed by atoms with E-state index in [0.717, 1.165) is 11.8 Å². The molecule has 26 heavy (non-hydrogen) atoms. The van der Waals surface area contributed by atoms with Gasteiger partial charge in [0.2, 0.25) is 5.91 Å². The van der Waals surface area contributed by atoms with E-state index in [-0.39, 0.29) is 16.8 Å². The van der Waals surface area contributed by atoms with E-state index >= 15 is 0 Å².